The fourth-order valence-corrected chi connectivity index (χ4v) is 2.84. The van der Waals surface area contributed by atoms with Crippen molar-refractivity contribution in [2.45, 2.75) is 12.8 Å². The van der Waals surface area contributed by atoms with Gasteiger partial charge in [-0.05, 0) is 12.8 Å². The van der Waals surface area contributed by atoms with Crippen molar-refractivity contribution < 1.29 is 14.3 Å². The van der Waals surface area contributed by atoms with Gasteiger partial charge in [0.25, 0.3) is 0 Å². The van der Waals surface area contributed by atoms with E-state index in [1.807, 2.05) is 12.2 Å². The van der Waals surface area contributed by atoms with Gasteiger partial charge < -0.3 is 10.1 Å². The van der Waals surface area contributed by atoms with E-state index in [1.165, 1.54) is 11.3 Å². The molecule has 2 rings (SSSR count). The molecule has 0 unspecified atom stereocenters. The average molecular weight is 396 g/mol. The molecule has 1 amide bonds. The molecular weight excluding hydrogens is 383 g/mol. The Hall–Kier alpha value is -1.08. The van der Waals surface area contributed by atoms with Gasteiger partial charge in [-0.25, -0.2) is 4.98 Å². The van der Waals surface area contributed by atoms with Crippen molar-refractivity contribution in [3.63, 3.8) is 0 Å². The number of ether oxygens (including phenoxy) is 1. The fourth-order valence-electron chi connectivity index (χ4n) is 2.14. The van der Waals surface area contributed by atoms with Crippen LogP contribution in [0.4, 0.5) is 5.13 Å². The van der Waals surface area contributed by atoms with Crippen LogP contribution in [0.2, 0.25) is 0 Å². The van der Waals surface area contributed by atoms with E-state index in [0.29, 0.717) is 18.0 Å². The Morgan fingerprint density at radius 3 is 2.57 bits per heavy atom. The largest absolute Gasteiger partial charge is 0.460 e. The topological polar surface area (TPSA) is 68.3 Å². The van der Waals surface area contributed by atoms with Gasteiger partial charge in [0, 0.05) is 11.6 Å². The highest BCUT2D eigenvalue weighted by Crippen LogP contribution is 2.29. The minimum absolute atomic E-state index is 0.0387. The summed E-state index contributed by atoms with van der Waals surface area (Å²) in [7, 11) is 0. The molecular formula is C14H13Cl3N2O3S. The smallest absolute Gasteiger partial charge is 0.310 e. The van der Waals surface area contributed by atoms with Gasteiger partial charge in [0.05, 0.1) is 16.9 Å². The van der Waals surface area contributed by atoms with Gasteiger partial charge in [-0.3, -0.25) is 9.59 Å². The van der Waals surface area contributed by atoms with E-state index < -0.39 is 17.8 Å². The van der Waals surface area contributed by atoms with Gasteiger partial charge in [0.1, 0.15) is 11.1 Å². The van der Waals surface area contributed by atoms with Crippen molar-refractivity contribution in [2.24, 2.45) is 11.8 Å². The molecule has 1 N–H and O–H groups in total. The molecule has 0 bridgehead atoms. The molecule has 0 spiro atoms. The molecule has 0 saturated heterocycles. The number of nitrogens with zero attached hydrogens (tertiary/aromatic N) is 1. The Bertz CT molecular complexity index is 627. The number of carbonyl (C=O) groups excluding carboxylic acids is 2. The third kappa shape index (κ3) is 5.21. The zero-order chi connectivity index (χ0) is 16.8. The second-order valence-electron chi connectivity index (χ2n) is 4.76. The molecule has 0 saturated carbocycles. The lowest BCUT2D eigenvalue weighted by Gasteiger charge is -2.25. The first-order chi connectivity index (χ1) is 11.0. The van der Waals surface area contributed by atoms with Crippen LogP contribution in [-0.2, 0) is 14.3 Å². The maximum atomic E-state index is 12.4. The molecule has 0 radical (unpaired) electrons. The summed E-state index contributed by atoms with van der Waals surface area (Å²) in [4.78, 5) is 28.6. The van der Waals surface area contributed by atoms with Gasteiger partial charge in [0.2, 0.25) is 5.91 Å². The molecule has 1 heterocycles. The monoisotopic (exact) mass is 394 g/mol. The Morgan fingerprint density at radius 2 is 1.96 bits per heavy atom. The normalized spacial score (nSPS) is 20.0. The molecule has 2 atom stereocenters. The maximum Gasteiger partial charge on any atom is 0.310 e. The number of anilines is 1. The Kier molecular flexibility index (Phi) is 6.89. The molecule has 0 aromatic carbocycles. The van der Waals surface area contributed by atoms with Crippen LogP contribution in [0.15, 0.2) is 33.3 Å². The quantitative estimate of drug-likeness (QED) is 0.602. The lowest BCUT2D eigenvalue weighted by atomic mass is 9.82. The van der Waals surface area contributed by atoms with Crippen molar-refractivity contribution in [1.29, 1.82) is 0 Å². The first-order valence-electron chi connectivity index (χ1n) is 6.70. The second kappa shape index (κ2) is 8.68. The van der Waals surface area contributed by atoms with Crippen LogP contribution in [0.1, 0.15) is 12.8 Å². The van der Waals surface area contributed by atoms with Crippen molar-refractivity contribution >= 4 is 63.1 Å². The summed E-state index contributed by atoms with van der Waals surface area (Å²) in [5.74, 6) is -1.88. The number of hydrogen-bond acceptors (Lipinski definition) is 5. The molecule has 1 aromatic heterocycles. The van der Waals surface area contributed by atoms with Crippen molar-refractivity contribution in [3.8, 4) is 0 Å². The summed E-state index contributed by atoms with van der Waals surface area (Å²) in [6.07, 6.45) is 6.20. The highest BCUT2D eigenvalue weighted by molar-refractivity contribution is 7.13. The molecule has 23 heavy (non-hydrogen) atoms. The second-order valence-corrected chi connectivity index (χ2v) is 7.06. The molecule has 0 aliphatic heterocycles. The molecule has 5 nitrogen and oxygen atoms in total. The number of thiazole rings is 1. The van der Waals surface area contributed by atoms with E-state index in [9.17, 15) is 9.59 Å². The van der Waals surface area contributed by atoms with E-state index in [4.69, 9.17) is 39.5 Å². The predicted octanol–water partition coefficient (Wildman–Crippen LogP) is 4.09. The van der Waals surface area contributed by atoms with Crippen molar-refractivity contribution in [3.05, 3.63) is 33.3 Å². The fraction of sp³-hybridized carbons (Fsp3) is 0.357. The third-order valence-corrected chi connectivity index (χ3v) is 4.92. The molecule has 1 aliphatic rings. The van der Waals surface area contributed by atoms with Gasteiger partial charge in [0.15, 0.2) is 5.13 Å². The minimum atomic E-state index is -0.585. The SMILES string of the molecule is O=C(OCC(Cl)=C(Cl)Cl)[C@H]1CC=CC[C@H]1C(=O)Nc1nccs1. The number of hydrogen-bond donors (Lipinski definition) is 1. The van der Waals surface area contributed by atoms with E-state index in [-0.39, 0.29) is 22.0 Å². The van der Waals surface area contributed by atoms with Crippen LogP contribution in [0, 0.1) is 11.8 Å². The highest BCUT2D eigenvalue weighted by Gasteiger charge is 2.35. The van der Waals surface area contributed by atoms with Crippen LogP contribution >= 0.6 is 46.1 Å². The third-order valence-electron chi connectivity index (χ3n) is 3.28. The van der Waals surface area contributed by atoms with Gasteiger partial charge in [-0.15, -0.1) is 11.3 Å². The number of rotatable bonds is 5. The van der Waals surface area contributed by atoms with Gasteiger partial charge in [-0.2, -0.15) is 0 Å². The summed E-state index contributed by atoms with van der Waals surface area (Å²) in [5.41, 5.74) is 0. The summed E-state index contributed by atoms with van der Waals surface area (Å²) in [6, 6.07) is 0. The average Bonchev–Trinajstić information content (AvgIpc) is 3.05. The van der Waals surface area contributed by atoms with Gasteiger partial charge >= 0.3 is 5.97 Å². The minimum Gasteiger partial charge on any atom is -0.460 e. The molecule has 9 heteroatoms. The first kappa shape index (κ1) is 18.3. The highest BCUT2D eigenvalue weighted by atomic mass is 35.5. The lowest BCUT2D eigenvalue weighted by Crippen LogP contribution is -2.35. The van der Waals surface area contributed by atoms with Crippen LogP contribution in [0.25, 0.3) is 0 Å². The number of nitrogens with one attached hydrogen (secondary N) is 1. The molecule has 0 fully saturated rings. The van der Waals surface area contributed by atoms with Crippen LogP contribution in [0.5, 0.6) is 0 Å². The van der Waals surface area contributed by atoms with Crippen molar-refractivity contribution in [2.75, 3.05) is 11.9 Å². The van der Waals surface area contributed by atoms with Crippen LogP contribution < -0.4 is 5.32 Å². The number of esters is 1. The molecule has 1 aliphatic carbocycles. The lowest BCUT2D eigenvalue weighted by molar-refractivity contribution is -0.151. The van der Waals surface area contributed by atoms with Gasteiger partial charge in [-0.1, -0.05) is 47.0 Å². The summed E-state index contributed by atoms with van der Waals surface area (Å²) in [6.45, 7) is -0.218. The molecule has 124 valence electrons. The summed E-state index contributed by atoms with van der Waals surface area (Å²) >= 11 is 18.0. The number of carbonyl (C=O) groups is 2. The van der Waals surface area contributed by atoms with E-state index in [2.05, 4.69) is 10.3 Å². The Balaban J connectivity index is 2.00. The number of allylic oxidation sites excluding steroid dienone is 2. The number of aromatic nitrogens is 1. The number of amides is 1. The Labute approximate surface area is 152 Å². The summed E-state index contributed by atoms with van der Waals surface area (Å²) in [5, 5.41) is 5.00. The van der Waals surface area contributed by atoms with Crippen LogP contribution in [0.3, 0.4) is 0 Å². The Morgan fingerprint density at radius 1 is 1.26 bits per heavy atom. The first-order valence-corrected chi connectivity index (χ1v) is 8.72. The van der Waals surface area contributed by atoms with E-state index in [0.717, 1.165) is 0 Å². The number of halogens is 3. The predicted molar refractivity (Wildman–Crippen MR) is 91.6 cm³/mol. The van der Waals surface area contributed by atoms with Crippen molar-refractivity contribution in [1.82, 2.24) is 4.98 Å². The summed E-state index contributed by atoms with van der Waals surface area (Å²) < 4.78 is 4.94. The maximum absolute atomic E-state index is 12.4. The molecule has 1 aromatic rings. The standard InChI is InChI=1S/C14H13Cl3N2O3S/c15-10(11(16)17)7-22-13(21)9-4-2-1-3-8(9)12(20)19-14-18-5-6-23-14/h1-2,5-6,8-9H,3-4,7H2,(H,18,19,20)/t8-,9+/m1/s1. The van der Waals surface area contributed by atoms with E-state index >= 15 is 0 Å². The van der Waals surface area contributed by atoms with Crippen LogP contribution in [-0.4, -0.2) is 23.5 Å². The van der Waals surface area contributed by atoms with E-state index in [1.54, 1.807) is 11.6 Å². The zero-order valence-electron chi connectivity index (χ0n) is 11.8. The zero-order valence-corrected chi connectivity index (χ0v) is 14.9.